The summed E-state index contributed by atoms with van der Waals surface area (Å²) in [7, 11) is 1.71. The van der Waals surface area contributed by atoms with Crippen LogP contribution < -0.4 is 4.74 Å². The first-order valence-corrected chi connectivity index (χ1v) is 8.10. The van der Waals surface area contributed by atoms with Crippen LogP contribution >= 0.6 is 0 Å². The topological polar surface area (TPSA) is 55.6 Å². The molecule has 0 aliphatic heterocycles. The minimum Gasteiger partial charge on any atom is -0.492 e. The Hall–Kier alpha value is -3.08. The average Bonchev–Trinajstić information content (AvgIpc) is 3.13. The first kappa shape index (κ1) is 16.8. The number of likely N-dealkylation sites (N-methyl/N-ethyl adjacent to an activating group) is 1. The molecule has 0 spiro atoms. The van der Waals surface area contributed by atoms with E-state index < -0.39 is 0 Å². The third kappa shape index (κ3) is 4.26. The summed E-state index contributed by atoms with van der Waals surface area (Å²) in [5.74, 6) is 0.788. The van der Waals surface area contributed by atoms with Crippen molar-refractivity contribution in [2.24, 2.45) is 0 Å². The lowest BCUT2D eigenvalue weighted by molar-refractivity contribution is 0.0732. The Balaban J connectivity index is 1.55. The van der Waals surface area contributed by atoms with Crippen molar-refractivity contribution in [3.05, 3.63) is 72.0 Å². The molecule has 0 bridgehead atoms. The van der Waals surface area contributed by atoms with Crippen LogP contribution in [-0.4, -0.2) is 36.2 Å². The van der Waals surface area contributed by atoms with E-state index in [1.165, 1.54) is 5.56 Å². The van der Waals surface area contributed by atoms with Gasteiger partial charge in [-0.3, -0.25) is 4.79 Å². The maximum absolute atomic E-state index is 12.4. The standard InChI is InChI=1S/C20H20N2O3/c1-15-8-10-17(11-9-15)24-13-12-22(2)20(23)19-14-18(21-25-19)16-6-4-3-5-7-16/h3-11,14H,12-13H2,1-2H3. The van der Waals surface area contributed by atoms with Gasteiger partial charge in [0.15, 0.2) is 0 Å². The Bertz CT molecular complexity index is 826. The van der Waals surface area contributed by atoms with Crippen molar-refractivity contribution in [3.63, 3.8) is 0 Å². The Morgan fingerprint density at radius 1 is 1.12 bits per heavy atom. The fourth-order valence-corrected chi connectivity index (χ4v) is 2.35. The monoisotopic (exact) mass is 336 g/mol. The summed E-state index contributed by atoms with van der Waals surface area (Å²) in [5, 5.41) is 3.97. The van der Waals surface area contributed by atoms with Crippen LogP contribution in [0.4, 0.5) is 0 Å². The lowest BCUT2D eigenvalue weighted by Crippen LogP contribution is -2.30. The highest BCUT2D eigenvalue weighted by Gasteiger charge is 2.18. The number of amides is 1. The number of hydrogen-bond donors (Lipinski definition) is 0. The van der Waals surface area contributed by atoms with Gasteiger partial charge in [-0.1, -0.05) is 53.2 Å². The maximum atomic E-state index is 12.4. The number of carbonyl (C=O) groups excluding carboxylic acids is 1. The van der Waals surface area contributed by atoms with Crippen LogP contribution in [0.2, 0.25) is 0 Å². The SMILES string of the molecule is Cc1ccc(OCCN(C)C(=O)c2cc(-c3ccccc3)no2)cc1. The van der Waals surface area contributed by atoms with Crippen molar-refractivity contribution in [2.45, 2.75) is 6.92 Å². The first-order chi connectivity index (χ1) is 12.1. The van der Waals surface area contributed by atoms with Crippen LogP contribution in [0, 0.1) is 6.92 Å². The van der Waals surface area contributed by atoms with Crippen molar-refractivity contribution >= 4 is 5.91 Å². The zero-order chi connectivity index (χ0) is 17.6. The smallest absolute Gasteiger partial charge is 0.292 e. The molecule has 0 aliphatic carbocycles. The number of carbonyl (C=O) groups is 1. The summed E-state index contributed by atoms with van der Waals surface area (Å²) in [5.41, 5.74) is 2.74. The predicted octanol–water partition coefficient (Wildman–Crippen LogP) is 3.80. The molecule has 5 heteroatoms. The number of rotatable bonds is 6. The summed E-state index contributed by atoms with van der Waals surface area (Å²) < 4.78 is 10.8. The highest BCUT2D eigenvalue weighted by atomic mass is 16.5. The molecule has 128 valence electrons. The van der Waals surface area contributed by atoms with Crippen LogP contribution in [0.25, 0.3) is 11.3 Å². The minimum atomic E-state index is -0.220. The zero-order valence-electron chi connectivity index (χ0n) is 14.3. The largest absolute Gasteiger partial charge is 0.492 e. The summed E-state index contributed by atoms with van der Waals surface area (Å²) in [6.45, 7) is 2.89. The molecule has 0 unspecified atom stereocenters. The van der Waals surface area contributed by atoms with E-state index in [4.69, 9.17) is 9.26 Å². The number of nitrogens with zero attached hydrogens (tertiary/aromatic N) is 2. The molecule has 0 radical (unpaired) electrons. The van der Waals surface area contributed by atoms with Gasteiger partial charge < -0.3 is 14.2 Å². The van der Waals surface area contributed by atoms with Gasteiger partial charge in [0.25, 0.3) is 5.91 Å². The van der Waals surface area contributed by atoms with Crippen LogP contribution in [0.3, 0.4) is 0 Å². The molecule has 25 heavy (non-hydrogen) atoms. The van der Waals surface area contributed by atoms with Gasteiger partial charge in [0.05, 0.1) is 6.54 Å². The third-order valence-electron chi connectivity index (χ3n) is 3.85. The number of aryl methyl sites for hydroxylation is 1. The van der Waals surface area contributed by atoms with Gasteiger partial charge in [-0.2, -0.15) is 0 Å². The highest BCUT2D eigenvalue weighted by Crippen LogP contribution is 2.19. The first-order valence-electron chi connectivity index (χ1n) is 8.10. The minimum absolute atomic E-state index is 0.219. The van der Waals surface area contributed by atoms with Crippen LogP contribution in [0.15, 0.2) is 65.2 Å². The number of ether oxygens (including phenoxy) is 1. The van der Waals surface area contributed by atoms with Crippen molar-refractivity contribution in [3.8, 4) is 17.0 Å². The van der Waals surface area contributed by atoms with Gasteiger partial charge in [0.1, 0.15) is 18.1 Å². The van der Waals surface area contributed by atoms with Gasteiger partial charge in [0.2, 0.25) is 5.76 Å². The lowest BCUT2D eigenvalue weighted by Gasteiger charge is -2.15. The Morgan fingerprint density at radius 2 is 1.84 bits per heavy atom. The molecule has 0 fully saturated rings. The van der Waals surface area contributed by atoms with E-state index in [0.717, 1.165) is 11.3 Å². The van der Waals surface area contributed by atoms with E-state index in [1.807, 2.05) is 61.5 Å². The second-order valence-electron chi connectivity index (χ2n) is 5.83. The Kier molecular flexibility index (Phi) is 5.14. The molecule has 2 aromatic carbocycles. The molecule has 0 aliphatic rings. The summed E-state index contributed by atoms with van der Waals surface area (Å²) in [6.07, 6.45) is 0. The number of hydrogen-bond acceptors (Lipinski definition) is 4. The molecule has 0 saturated carbocycles. The third-order valence-corrected chi connectivity index (χ3v) is 3.85. The van der Waals surface area contributed by atoms with E-state index in [2.05, 4.69) is 5.16 Å². The molecule has 1 amide bonds. The second-order valence-corrected chi connectivity index (χ2v) is 5.83. The van der Waals surface area contributed by atoms with Crippen LogP contribution in [0.5, 0.6) is 5.75 Å². The van der Waals surface area contributed by atoms with Gasteiger partial charge >= 0.3 is 0 Å². The molecular formula is C20H20N2O3. The Morgan fingerprint density at radius 3 is 2.56 bits per heavy atom. The average molecular weight is 336 g/mol. The molecule has 1 aromatic heterocycles. The van der Waals surface area contributed by atoms with Gasteiger partial charge in [-0.05, 0) is 19.1 Å². The molecule has 0 saturated heterocycles. The molecule has 3 rings (SSSR count). The van der Waals surface area contributed by atoms with Gasteiger partial charge in [0, 0.05) is 18.7 Å². The molecule has 0 N–H and O–H groups in total. The van der Waals surface area contributed by atoms with E-state index >= 15 is 0 Å². The quantitative estimate of drug-likeness (QED) is 0.687. The van der Waals surface area contributed by atoms with E-state index in [0.29, 0.717) is 18.8 Å². The molecule has 3 aromatic rings. The van der Waals surface area contributed by atoms with Crippen LogP contribution in [0.1, 0.15) is 16.1 Å². The Labute approximate surface area is 146 Å². The molecular weight excluding hydrogens is 316 g/mol. The summed E-state index contributed by atoms with van der Waals surface area (Å²) in [6, 6.07) is 19.1. The van der Waals surface area contributed by atoms with Crippen molar-refractivity contribution in [1.29, 1.82) is 0 Å². The zero-order valence-corrected chi connectivity index (χ0v) is 14.3. The normalized spacial score (nSPS) is 10.5. The number of aromatic nitrogens is 1. The summed E-state index contributed by atoms with van der Waals surface area (Å²) >= 11 is 0. The predicted molar refractivity (Wildman–Crippen MR) is 95.6 cm³/mol. The fourth-order valence-electron chi connectivity index (χ4n) is 2.35. The highest BCUT2D eigenvalue weighted by molar-refractivity contribution is 5.92. The molecule has 1 heterocycles. The maximum Gasteiger partial charge on any atom is 0.292 e. The van der Waals surface area contributed by atoms with Crippen molar-refractivity contribution < 1.29 is 14.1 Å². The van der Waals surface area contributed by atoms with Crippen molar-refractivity contribution in [2.75, 3.05) is 20.2 Å². The molecule has 5 nitrogen and oxygen atoms in total. The van der Waals surface area contributed by atoms with Gasteiger partial charge in [-0.25, -0.2) is 0 Å². The number of benzene rings is 2. The fraction of sp³-hybridized carbons (Fsp3) is 0.200. The lowest BCUT2D eigenvalue weighted by atomic mass is 10.1. The van der Waals surface area contributed by atoms with E-state index in [-0.39, 0.29) is 11.7 Å². The van der Waals surface area contributed by atoms with Crippen LogP contribution in [-0.2, 0) is 0 Å². The molecule has 0 atom stereocenters. The van der Waals surface area contributed by atoms with Gasteiger partial charge in [-0.15, -0.1) is 0 Å². The second kappa shape index (κ2) is 7.66. The van der Waals surface area contributed by atoms with E-state index in [9.17, 15) is 4.79 Å². The van der Waals surface area contributed by atoms with E-state index in [1.54, 1.807) is 18.0 Å². The summed E-state index contributed by atoms with van der Waals surface area (Å²) in [4.78, 5) is 14.0. The van der Waals surface area contributed by atoms with Crippen molar-refractivity contribution in [1.82, 2.24) is 10.1 Å².